The third-order valence-electron chi connectivity index (χ3n) is 3.06. The van der Waals surface area contributed by atoms with Crippen LogP contribution in [0.4, 0.5) is 5.69 Å². The molecule has 0 radical (unpaired) electrons. The second-order valence-electron chi connectivity index (χ2n) is 4.67. The van der Waals surface area contributed by atoms with Gasteiger partial charge in [0.15, 0.2) is 0 Å². The Morgan fingerprint density at radius 1 is 1.29 bits per heavy atom. The van der Waals surface area contributed by atoms with E-state index >= 15 is 0 Å². The first-order valence-corrected chi connectivity index (χ1v) is 6.87. The summed E-state index contributed by atoms with van der Waals surface area (Å²) in [7, 11) is 0. The van der Waals surface area contributed by atoms with Gasteiger partial charge in [0.2, 0.25) is 11.8 Å². The second-order valence-corrected chi connectivity index (χ2v) is 4.67. The molecule has 0 aliphatic carbocycles. The molecule has 1 heterocycles. The summed E-state index contributed by atoms with van der Waals surface area (Å²) >= 11 is 0. The van der Waals surface area contributed by atoms with Gasteiger partial charge in [-0.3, -0.25) is 4.79 Å². The highest BCUT2D eigenvalue weighted by Crippen LogP contribution is 2.14. The normalized spacial score (nSPS) is 11.7. The molecule has 5 nitrogen and oxygen atoms in total. The summed E-state index contributed by atoms with van der Waals surface area (Å²) in [5.74, 6) is 0.165. The van der Waals surface area contributed by atoms with Crippen molar-refractivity contribution >= 4 is 11.6 Å². The maximum atomic E-state index is 11.2. The number of hydrogen-bond acceptors (Lipinski definition) is 4. The fraction of sp³-hybridized carbons (Fsp3) is 0.250. The number of aromatic nitrogens is 1. The highest BCUT2D eigenvalue weighted by Gasteiger charge is 2.12. The molecule has 0 fully saturated rings. The Balaban J connectivity index is 1.91. The van der Waals surface area contributed by atoms with Crippen molar-refractivity contribution < 1.29 is 9.53 Å². The number of amides is 1. The highest BCUT2D eigenvalue weighted by atomic mass is 16.5. The third-order valence-corrected chi connectivity index (χ3v) is 3.06. The van der Waals surface area contributed by atoms with Crippen molar-refractivity contribution in [2.24, 2.45) is 5.73 Å². The van der Waals surface area contributed by atoms with Gasteiger partial charge < -0.3 is 15.8 Å². The van der Waals surface area contributed by atoms with Crippen molar-refractivity contribution in [2.75, 3.05) is 5.32 Å². The van der Waals surface area contributed by atoms with Crippen LogP contribution in [-0.4, -0.2) is 16.9 Å². The molecule has 1 aromatic carbocycles. The Bertz CT molecular complexity index is 570. The van der Waals surface area contributed by atoms with E-state index in [1.165, 1.54) is 0 Å². The zero-order chi connectivity index (χ0) is 15.1. The van der Waals surface area contributed by atoms with E-state index in [0.29, 0.717) is 18.9 Å². The van der Waals surface area contributed by atoms with E-state index in [4.69, 9.17) is 10.5 Å². The molecule has 0 bridgehead atoms. The maximum absolute atomic E-state index is 11.2. The summed E-state index contributed by atoms with van der Waals surface area (Å²) in [4.78, 5) is 15.4. The predicted molar refractivity (Wildman–Crippen MR) is 81.9 cm³/mol. The van der Waals surface area contributed by atoms with Gasteiger partial charge in [0, 0.05) is 6.07 Å². The van der Waals surface area contributed by atoms with Crippen LogP contribution >= 0.6 is 0 Å². The monoisotopic (exact) mass is 285 g/mol. The van der Waals surface area contributed by atoms with Gasteiger partial charge in [-0.05, 0) is 18.1 Å². The third kappa shape index (κ3) is 4.49. The van der Waals surface area contributed by atoms with Gasteiger partial charge in [0.1, 0.15) is 12.6 Å². The van der Waals surface area contributed by atoms with E-state index in [0.717, 1.165) is 11.3 Å². The molecular formula is C16H19N3O2. The number of ether oxygens (including phenoxy) is 1. The fourth-order valence-corrected chi connectivity index (χ4v) is 1.86. The molecule has 5 heteroatoms. The number of nitrogens with zero attached hydrogens (tertiary/aromatic N) is 1. The lowest BCUT2D eigenvalue weighted by Crippen LogP contribution is -2.34. The fourth-order valence-electron chi connectivity index (χ4n) is 1.86. The first-order chi connectivity index (χ1) is 10.2. The van der Waals surface area contributed by atoms with Crippen LogP contribution < -0.4 is 15.8 Å². The maximum Gasteiger partial charge on any atom is 0.239 e. The zero-order valence-corrected chi connectivity index (χ0v) is 12.0. The summed E-state index contributed by atoms with van der Waals surface area (Å²) in [5.41, 5.74) is 7.12. The molecule has 1 atom stereocenters. The molecule has 0 spiro atoms. The number of nitrogens with one attached hydrogen (secondary N) is 1. The molecule has 1 aromatic heterocycles. The van der Waals surface area contributed by atoms with E-state index in [9.17, 15) is 4.79 Å². The molecule has 2 aromatic rings. The summed E-state index contributed by atoms with van der Waals surface area (Å²) < 4.78 is 5.60. The van der Waals surface area contributed by atoms with Gasteiger partial charge >= 0.3 is 0 Å². The van der Waals surface area contributed by atoms with Gasteiger partial charge in [-0.25, -0.2) is 4.98 Å². The summed E-state index contributed by atoms with van der Waals surface area (Å²) in [6.45, 7) is 2.37. The van der Waals surface area contributed by atoms with Crippen molar-refractivity contribution in [1.29, 1.82) is 0 Å². The van der Waals surface area contributed by atoms with Gasteiger partial charge in [-0.15, -0.1) is 0 Å². The lowest BCUT2D eigenvalue weighted by molar-refractivity contribution is -0.118. The van der Waals surface area contributed by atoms with E-state index in [2.05, 4.69) is 10.3 Å². The lowest BCUT2D eigenvalue weighted by Gasteiger charge is -2.14. The van der Waals surface area contributed by atoms with Crippen molar-refractivity contribution in [1.82, 2.24) is 4.98 Å². The Morgan fingerprint density at radius 2 is 2.05 bits per heavy atom. The number of primary amides is 1. The highest BCUT2D eigenvalue weighted by molar-refractivity contribution is 5.82. The van der Waals surface area contributed by atoms with Crippen LogP contribution in [-0.2, 0) is 11.4 Å². The summed E-state index contributed by atoms with van der Waals surface area (Å²) in [5, 5.41) is 3.04. The van der Waals surface area contributed by atoms with Crippen molar-refractivity contribution in [2.45, 2.75) is 26.0 Å². The van der Waals surface area contributed by atoms with Crippen molar-refractivity contribution in [3.05, 3.63) is 54.2 Å². The summed E-state index contributed by atoms with van der Waals surface area (Å²) in [6, 6.07) is 13.1. The van der Waals surface area contributed by atoms with Crippen LogP contribution in [0.2, 0.25) is 0 Å². The first-order valence-electron chi connectivity index (χ1n) is 6.87. The number of carbonyl (C=O) groups excluding carboxylic acids is 1. The molecular weight excluding hydrogens is 266 g/mol. The van der Waals surface area contributed by atoms with Gasteiger partial charge in [0.05, 0.1) is 11.9 Å². The topological polar surface area (TPSA) is 77.2 Å². The minimum atomic E-state index is -0.386. The Morgan fingerprint density at radius 3 is 2.62 bits per heavy atom. The van der Waals surface area contributed by atoms with Crippen LogP contribution in [0.15, 0.2) is 48.7 Å². The van der Waals surface area contributed by atoms with Crippen LogP contribution in [0.5, 0.6) is 5.88 Å². The number of benzene rings is 1. The number of anilines is 1. The number of nitrogens with two attached hydrogens (primary N) is 1. The molecule has 21 heavy (non-hydrogen) atoms. The first kappa shape index (κ1) is 14.8. The molecule has 0 aliphatic rings. The largest absolute Gasteiger partial charge is 0.473 e. The average Bonchev–Trinajstić information content (AvgIpc) is 2.52. The Kier molecular flexibility index (Phi) is 5.15. The van der Waals surface area contributed by atoms with Crippen molar-refractivity contribution in [3.63, 3.8) is 0 Å². The lowest BCUT2D eigenvalue weighted by atomic mass is 10.2. The van der Waals surface area contributed by atoms with Crippen LogP contribution in [0.25, 0.3) is 0 Å². The van der Waals surface area contributed by atoms with E-state index in [-0.39, 0.29) is 11.9 Å². The number of carbonyl (C=O) groups is 1. The van der Waals surface area contributed by atoms with Gasteiger partial charge in [-0.1, -0.05) is 37.3 Å². The predicted octanol–water partition coefficient (Wildman–Crippen LogP) is 2.34. The second kappa shape index (κ2) is 7.28. The van der Waals surface area contributed by atoms with Crippen LogP contribution in [0, 0.1) is 0 Å². The number of rotatable bonds is 7. The standard InChI is InChI=1S/C16H19N3O2/c1-2-14(16(17)20)19-13-8-9-15(18-10-13)21-11-12-6-4-3-5-7-12/h3-10,14,19H,2,11H2,1H3,(H2,17,20). The minimum Gasteiger partial charge on any atom is -0.473 e. The van der Waals surface area contributed by atoms with Crippen LogP contribution in [0.3, 0.4) is 0 Å². The molecule has 110 valence electrons. The quantitative estimate of drug-likeness (QED) is 0.818. The molecule has 1 unspecified atom stereocenters. The average molecular weight is 285 g/mol. The van der Waals surface area contributed by atoms with Crippen LogP contribution in [0.1, 0.15) is 18.9 Å². The minimum absolute atomic E-state index is 0.373. The van der Waals surface area contributed by atoms with Gasteiger partial charge in [0.25, 0.3) is 0 Å². The Hall–Kier alpha value is -2.56. The zero-order valence-electron chi connectivity index (χ0n) is 12.0. The molecule has 3 N–H and O–H groups in total. The molecule has 1 amide bonds. The molecule has 2 rings (SSSR count). The Labute approximate surface area is 124 Å². The van der Waals surface area contributed by atoms with Crippen molar-refractivity contribution in [3.8, 4) is 5.88 Å². The number of hydrogen-bond donors (Lipinski definition) is 2. The van der Waals surface area contributed by atoms with E-state index in [1.54, 1.807) is 12.3 Å². The van der Waals surface area contributed by atoms with Gasteiger partial charge in [-0.2, -0.15) is 0 Å². The SMILES string of the molecule is CCC(Nc1ccc(OCc2ccccc2)nc1)C(N)=O. The van der Waals surface area contributed by atoms with E-state index < -0.39 is 0 Å². The smallest absolute Gasteiger partial charge is 0.239 e. The molecule has 0 aliphatic heterocycles. The molecule has 0 saturated carbocycles. The summed E-state index contributed by atoms with van der Waals surface area (Å²) in [6.07, 6.45) is 2.26. The molecule has 0 saturated heterocycles. The number of pyridine rings is 1. The van der Waals surface area contributed by atoms with E-state index in [1.807, 2.05) is 43.3 Å².